The Morgan fingerprint density at radius 2 is 2.06 bits per heavy atom. The zero-order valence-corrected chi connectivity index (χ0v) is 9.85. The minimum atomic E-state index is -1.06. The Hall–Kier alpha value is -1.14. The van der Waals surface area contributed by atoms with Gasteiger partial charge in [-0.2, -0.15) is 0 Å². The van der Waals surface area contributed by atoms with Crippen molar-refractivity contribution in [2.75, 3.05) is 19.8 Å². The molecule has 0 aromatic rings. The summed E-state index contributed by atoms with van der Waals surface area (Å²) < 4.78 is 5.24. The summed E-state index contributed by atoms with van der Waals surface area (Å²) in [5.74, 6) is -0.865. The zero-order valence-electron chi connectivity index (χ0n) is 9.85. The van der Waals surface area contributed by atoms with Gasteiger partial charge in [0.05, 0.1) is 12.5 Å². The van der Waals surface area contributed by atoms with E-state index in [0.29, 0.717) is 12.5 Å². The second-order valence-electron chi connectivity index (χ2n) is 4.34. The SMILES string of the molecule is NC(CC(=O)O)C(=O)NCCC1CCOCC1. The van der Waals surface area contributed by atoms with Crippen molar-refractivity contribution in [3.63, 3.8) is 0 Å². The topological polar surface area (TPSA) is 102 Å². The second kappa shape index (κ2) is 7.24. The largest absolute Gasteiger partial charge is 0.481 e. The van der Waals surface area contributed by atoms with Crippen molar-refractivity contribution < 1.29 is 19.4 Å². The summed E-state index contributed by atoms with van der Waals surface area (Å²) in [5.41, 5.74) is 5.42. The molecule has 1 amide bonds. The Bertz CT molecular complexity index is 264. The number of amides is 1. The monoisotopic (exact) mass is 244 g/mol. The van der Waals surface area contributed by atoms with E-state index >= 15 is 0 Å². The van der Waals surface area contributed by atoms with Crippen LogP contribution in [0.25, 0.3) is 0 Å². The van der Waals surface area contributed by atoms with Crippen LogP contribution < -0.4 is 11.1 Å². The van der Waals surface area contributed by atoms with Gasteiger partial charge >= 0.3 is 5.97 Å². The number of aliphatic carboxylic acids is 1. The van der Waals surface area contributed by atoms with Gasteiger partial charge in [0, 0.05) is 19.8 Å². The average Bonchev–Trinajstić information content (AvgIpc) is 2.29. The number of hydrogen-bond donors (Lipinski definition) is 3. The number of nitrogens with two attached hydrogens (primary N) is 1. The molecule has 4 N–H and O–H groups in total. The summed E-state index contributed by atoms with van der Waals surface area (Å²) in [6.45, 7) is 2.13. The molecule has 1 unspecified atom stereocenters. The maximum Gasteiger partial charge on any atom is 0.305 e. The molecule has 0 spiro atoms. The predicted octanol–water partition coefficient (Wildman–Crippen LogP) is -0.279. The van der Waals surface area contributed by atoms with Crippen LogP contribution in [-0.4, -0.2) is 42.8 Å². The van der Waals surface area contributed by atoms with Crippen LogP contribution in [0, 0.1) is 5.92 Å². The van der Waals surface area contributed by atoms with Gasteiger partial charge < -0.3 is 20.9 Å². The second-order valence-corrected chi connectivity index (χ2v) is 4.34. The fraction of sp³-hybridized carbons (Fsp3) is 0.818. The number of hydrogen-bond acceptors (Lipinski definition) is 4. The lowest BCUT2D eigenvalue weighted by molar-refractivity contribution is -0.139. The fourth-order valence-electron chi connectivity index (χ4n) is 1.85. The molecule has 0 radical (unpaired) electrons. The smallest absolute Gasteiger partial charge is 0.305 e. The number of carbonyl (C=O) groups excluding carboxylic acids is 1. The number of carbonyl (C=O) groups is 2. The number of carboxylic acids is 1. The van der Waals surface area contributed by atoms with Gasteiger partial charge in [-0.3, -0.25) is 9.59 Å². The summed E-state index contributed by atoms with van der Waals surface area (Å²) in [5, 5.41) is 11.2. The van der Waals surface area contributed by atoms with Crippen LogP contribution in [0.5, 0.6) is 0 Å². The molecule has 1 fully saturated rings. The summed E-state index contributed by atoms with van der Waals surface area (Å²) in [4.78, 5) is 21.8. The van der Waals surface area contributed by atoms with Crippen LogP contribution in [0.1, 0.15) is 25.7 Å². The Morgan fingerprint density at radius 3 is 2.65 bits per heavy atom. The number of carboxylic acid groups (broad SMARTS) is 1. The van der Waals surface area contributed by atoms with Crippen molar-refractivity contribution in [3.8, 4) is 0 Å². The molecule has 0 aromatic heterocycles. The molecule has 0 aliphatic carbocycles. The third-order valence-electron chi connectivity index (χ3n) is 2.92. The van der Waals surface area contributed by atoms with Gasteiger partial charge in [-0.05, 0) is 25.2 Å². The number of nitrogens with one attached hydrogen (secondary N) is 1. The third-order valence-corrected chi connectivity index (χ3v) is 2.92. The highest BCUT2D eigenvalue weighted by molar-refractivity contribution is 5.85. The molecule has 1 rings (SSSR count). The Kier molecular flexibility index (Phi) is 5.93. The fourth-order valence-corrected chi connectivity index (χ4v) is 1.85. The first-order valence-corrected chi connectivity index (χ1v) is 5.92. The van der Waals surface area contributed by atoms with E-state index in [1.54, 1.807) is 0 Å². The van der Waals surface area contributed by atoms with E-state index in [4.69, 9.17) is 15.6 Å². The van der Waals surface area contributed by atoms with Crippen molar-refractivity contribution in [2.24, 2.45) is 11.7 Å². The molecule has 98 valence electrons. The van der Waals surface area contributed by atoms with E-state index in [2.05, 4.69) is 5.32 Å². The molecule has 1 aliphatic rings. The number of ether oxygens (including phenoxy) is 1. The first-order valence-electron chi connectivity index (χ1n) is 5.92. The highest BCUT2D eigenvalue weighted by Gasteiger charge is 2.18. The maximum absolute atomic E-state index is 11.4. The molecule has 0 aromatic carbocycles. The molecule has 6 heteroatoms. The normalized spacial score (nSPS) is 18.6. The van der Waals surface area contributed by atoms with Crippen molar-refractivity contribution in [2.45, 2.75) is 31.7 Å². The van der Waals surface area contributed by atoms with Crippen LogP contribution in [0.2, 0.25) is 0 Å². The van der Waals surface area contributed by atoms with E-state index in [0.717, 1.165) is 32.5 Å². The van der Waals surface area contributed by atoms with Crippen LogP contribution in [0.3, 0.4) is 0 Å². The van der Waals surface area contributed by atoms with Gasteiger partial charge in [-0.25, -0.2) is 0 Å². The molecule has 1 heterocycles. The van der Waals surface area contributed by atoms with E-state index in [1.807, 2.05) is 0 Å². The lowest BCUT2D eigenvalue weighted by Gasteiger charge is -2.22. The van der Waals surface area contributed by atoms with E-state index in [-0.39, 0.29) is 12.3 Å². The van der Waals surface area contributed by atoms with Gasteiger partial charge in [0.2, 0.25) is 5.91 Å². The summed E-state index contributed by atoms with van der Waals surface area (Å²) >= 11 is 0. The minimum absolute atomic E-state index is 0.330. The van der Waals surface area contributed by atoms with Gasteiger partial charge in [0.1, 0.15) is 0 Å². The Labute approximate surface area is 101 Å². The molecule has 1 atom stereocenters. The van der Waals surface area contributed by atoms with Gasteiger partial charge in [-0.15, -0.1) is 0 Å². The van der Waals surface area contributed by atoms with Crippen LogP contribution >= 0.6 is 0 Å². The lowest BCUT2D eigenvalue weighted by atomic mass is 9.96. The highest BCUT2D eigenvalue weighted by atomic mass is 16.5. The molecule has 6 nitrogen and oxygen atoms in total. The minimum Gasteiger partial charge on any atom is -0.481 e. The molecular formula is C11H20N2O4. The summed E-state index contributed by atoms with van der Waals surface area (Å²) in [7, 11) is 0. The zero-order chi connectivity index (χ0) is 12.7. The molecule has 0 bridgehead atoms. The first kappa shape index (κ1) is 13.9. The standard InChI is InChI=1S/C11H20N2O4/c12-9(7-10(14)15)11(16)13-4-1-8-2-5-17-6-3-8/h8-9H,1-7,12H2,(H,13,16)(H,14,15). The van der Waals surface area contributed by atoms with Crippen LogP contribution in [0.15, 0.2) is 0 Å². The molecule has 1 aliphatic heterocycles. The summed E-state index contributed by atoms with van der Waals surface area (Å²) in [6.07, 6.45) is 2.62. The predicted molar refractivity (Wildman–Crippen MR) is 61.4 cm³/mol. The van der Waals surface area contributed by atoms with Gasteiger partial charge in [-0.1, -0.05) is 0 Å². The van der Waals surface area contributed by atoms with E-state index < -0.39 is 12.0 Å². The third kappa shape index (κ3) is 5.65. The van der Waals surface area contributed by atoms with E-state index in [9.17, 15) is 9.59 Å². The van der Waals surface area contributed by atoms with Crippen molar-refractivity contribution in [1.82, 2.24) is 5.32 Å². The van der Waals surface area contributed by atoms with Crippen molar-refractivity contribution in [3.05, 3.63) is 0 Å². The van der Waals surface area contributed by atoms with Crippen LogP contribution in [-0.2, 0) is 14.3 Å². The molecule has 17 heavy (non-hydrogen) atoms. The molecule has 1 saturated heterocycles. The van der Waals surface area contributed by atoms with Gasteiger partial charge in [0.25, 0.3) is 0 Å². The highest BCUT2D eigenvalue weighted by Crippen LogP contribution is 2.17. The number of rotatable bonds is 6. The summed E-state index contributed by atoms with van der Waals surface area (Å²) in [6, 6.07) is -0.956. The van der Waals surface area contributed by atoms with Crippen molar-refractivity contribution >= 4 is 11.9 Å². The molecule has 0 saturated carbocycles. The molecular weight excluding hydrogens is 224 g/mol. The first-order chi connectivity index (χ1) is 8.09. The quantitative estimate of drug-likeness (QED) is 0.596. The van der Waals surface area contributed by atoms with Crippen molar-refractivity contribution in [1.29, 1.82) is 0 Å². The van der Waals surface area contributed by atoms with Crippen LogP contribution in [0.4, 0.5) is 0 Å². The Balaban J connectivity index is 2.12. The van der Waals surface area contributed by atoms with Gasteiger partial charge in [0.15, 0.2) is 0 Å². The van der Waals surface area contributed by atoms with E-state index in [1.165, 1.54) is 0 Å². The maximum atomic E-state index is 11.4. The Morgan fingerprint density at radius 1 is 1.41 bits per heavy atom. The average molecular weight is 244 g/mol. The lowest BCUT2D eigenvalue weighted by Crippen LogP contribution is -2.42.